The molecular formula is C49H91NO3. The first-order valence-corrected chi connectivity index (χ1v) is 23.4. The molecule has 0 aliphatic carbocycles. The van der Waals surface area contributed by atoms with Crippen molar-refractivity contribution in [1.82, 2.24) is 5.32 Å². The van der Waals surface area contributed by atoms with Gasteiger partial charge in [-0.2, -0.15) is 0 Å². The van der Waals surface area contributed by atoms with Gasteiger partial charge in [-0.3, -0.25) is 4.79 Å². The topological polar surface area (TPSA) is 69.6 Å². The molecule has 0 aromatic rings. The minimum atomic E-state index is -0.872. The van der Waals surface area contributed by atoms with Crippen LogP contribution in [0.4, 0.5) is 0 Å². The zero-order valence-corrected chi connectivity index (χ0v) is 35.5. The molecule has 3 N–H and O–H groups in total. The number of rotatable bonds is 42. The summed E-state index contributed by atoms with van der Waals surface area (Å²) < 4.78 is 0. The van der Waals surface area contributed by atoms with Gasteiger partial charge in [0.05, 0.1) is 18.8 Å². The molecule has 0 fully saturated rings. The van der Waals surface area contributed by atoms with E-state index in [1.807, 2.05) is 6.08 Å². The smallest absolute Gasteiger partial charge is 0.220 e. The van der Waals surface area contributed by atoms with Gasteiger partial charge in [0.25, 0.3) is 0 Å². The lowest BCUT2D eigenvalue weighted by Gasteiger charge is -2.19. The fraction of sp³-hybridized carbons (Fsp3) is 0.816. The van der Waals surface area contributed by atoms with Crippen molar-refractivity contribution >= 4 is 5.91 Å². The Bertz CT molecular complexity index is 847. The number of aliphatic hydroxyl groups excluding tert-OH is 2. The van der Waals surface area contributed by atoms with E-state index >= 15 is 0 Å². The molecule has 0 spiro atoms. The Kier molecular flexibility index (Phi) is 43.4. The summed E-state index contributed by atoms with van der Waals surface area (Å²) in [5, 5.41) is 23.0. The summed E-state index contributed by atoms with van der Waals surface area (Å²) in [7, 11) is 0. The quantitative estimate of drug-likeness (QED) is 0.0431. The molecular weight excluding hydrogens is 651 g/mol. The van der Waals surface area contributed by atoms with Crippen molar-refractivity contribution in [2.45, 2.75) is 251 Å². The lowest BCUT2D eigenvalue weighted by atomic mass is 10.0. The standard InChI is InChI=1S/C49H91NO3/c1-3-5-7-9-11-13-15-17-19-21-23-24-25-26-27-28-30-32-34-36-38-40-42-44-48(52)47(46-51)50-49(53)45-43-41-39-37-35-33-31-29-22-20-18-16-14-12-10-8-6-4-2/h20,22,27-28,34,36,42,44,47-48,51-52H,3-19,21,23-26,29-33,35,37-41,43,45-46H2,1-2H3,(H,50,53)/b22-20-,28-27+,36-34+,44-42+. The van der Waals surface area contributed by atoms with Gasteiger partial charge in [-0.1, -0.05) is 210 Å². The van der Waals surface area contributed by atoms with Crippen LogP contribution in [0.1, 0.15) is 239 Å². The summed E-state index contributed by atoms with van der Waals surface area (Å²) in [6, 6.07) is -0.648. The fourth-order valence-electron chi connectivity index (χ4n) is 6.91. The van der Waals surface area contributed by atoms with Crippen LogP contribution >= 0.6 is 0 Å². The predicted molar refractivity (Wildman–Crippen MR) is 235 cm³/mol. The average molecular weight is 742 g/mol. The van der Waals surface area contributed by atoms with Crippen molar-refractivity contribution in [3.05, 3.63) is 48.6 Å². The zero-order chi connectivity index (χ0) is 38.6. The molecule has 0 aromatic carbocycles. The van der Waals surface area contributed by atoms with Crippen LogP contribution in [0, 0.1) is 0 Å². The second-order valence-corrected chi connectivity index (χ2v) is 15.8. The molecule has 2 atom stereocenters. The second-order valence-electron chi connectivity index (χ2n) is 15.8. The van der Waals surface area contributed by atoms with E-state index in [9.17, 15) is 15.0 Å². The maximum absolute atomic E-state index is 12.4. The van der Waals surface area contributed by atoms with E-state index < -0.39 is 12.1 Å². The first kappa shape index (κ1) is 51.4. The molecule has 53 heavy (non-hydrogen) atoms. The highest BCUT2D eigenvalue weighted by atomic mass is 16.3. The van der Waals surface area contributed by atoms with Crippen LogP contribution in [0.15, 0.2) is 48.6 Å². The average Bonchev–Trinajstić information content (AvgIpc) is 3.16. The summed E-state index contributed by atoms with van der Waals surface area (Å²) in [5.41, 5.74) is 0. The second kappa shape index (κ2) is 44.7. The van der Waals surface area contributed by atoms with Crippen molar-refractivity contribution < 1.29 is 15.0 Å². The van der Waals surface area contributed by atoms with Crippen molar-refractivity contribution in [3.8, 4) is 0 Å². The van der Waals surface area contributed by atoms with E-state index in [1.165, 1.54) is 180 Å². The van der Waals surface area contributed by atoms with Gasteiger partial charge in [0.1, 0.15) is 0 Å². The molecule has 0 bridgehead atoms. The minimum absolute atomic E-state index is 0.0823. The normalized spacial score (nSPS) is 13.4. The molecule has 0 aliphatic rings. The summed E-state index contributed by atoms with van der Waals surface area (Å²) in [5.74, 6) is -0.0823. The molecule has 310 valence electrons. The number of hydrogen-bond acceptors (Lipinski definition) is 3. The molecule has 0 aliphatic heterocycles. The molecule has 0 aromatic heterocycles. The van der Waals surface area contributed by atoms with E-state index in [0.717, 1.165) is 38.5 Å². The van der Waals surface area contributed by atoms with E-state index in [4.69, 9.17) is 0 Å². The monoisotopic (exact) mass is 742 g/mol. The summed E-state index contributed by atoms with van der Waals surface area (Å²) >= 11 is 0. The van der Waals surface area contributed by atoms with Gasteiger partial charge < -0.3 is 15.5 Å². The van der Waals surface area contributed by atoms with Gasteiger partial charge in [0, 0.05) is 6.42 Å². The SMILES string of the molecule is CCCCCCCCC/C=C\CCCCCCCCCC(=O)NC(CO)C(O)/C=C/CC/C=C/CC/C=C/CCCCCCCCCCCCCCC. The third kappa shape index (κ3) is 41.4. The Morgan fingerprint density at radius 3 is 1.09 bits per heavy atom. The molecule has 0 saturated carbocycles. The molecule has 0 rings (SSSR count). The molecule has 4 heteroatoms. The third-order valence-corrected chi connectivity index (χ3v) is 10.5. The molecule has 1 amide bonds. The van der Waals surface area contributed by atoms with Gasteiger partial charge in [-0.05, 0) is 70.6 Å². The van der Waals surface area contributed by atoms with E-state index in [-0.39, 0.29) is 12.5 Å². The number of allylic oxidation sites excluding steroid dienone is 7. The lowest BCUT2D eigenvalue weighted by Crippen LogP contribution is -2.45. The first-order valence-electron chi connectivity index (χ1n) is 23.4. The van der Waals surface area contributed by atoms with Gasteiger partial charge in [0.2, 0.25) is 5.91 Å². The number of unbranched alkanes of at least 4 members (excludes halogenated alkanes) is 29. The molecule has 0 radical (unpaired) electrons. The Hall–Kier alpha value is -1.65. The third-order valence-electron chi connectivity index (χ3n) is 10.5. The Labute approximate surface area is 331 Å². The Morgan fingerprint density at radius 1 is 0.434 bits per heavy atom. The predicted octanol–water partition coefficient (Wildman–Crippen LogP) is 14.7. The number of nitrogens with one attached hydrogen (secondary N) is 1. The van der Waals surface area contributed by atoms with Crippen LogP contribution in [0.5, 0.6) is 0 Å². The highest BCUT2D eigenvalue weighted by molar-refractivity contribution is 5.76. The van der Waals surface area contributed by atoms with Crippen LogP contribution < -0.4 is 5.32 Å². The first-order chi connectivity index (χ1) is 26.2. The lowest BCUT2D eigenvalue weighted by molar-refractivity contribution is -0.123. The maximum Gasteiger partial charge on any atom is 0.220 e. The molecule has 2 unspecified atom stereocenters. The van der Waals surface area contributed by atoms with Crippen molar-refractivity contribution in [3.63, 3.8) is 0 Å². The molecule has 0 saturated heterocycles. The Balaban J connectivity index is 3.63. The van der Waals surface area contributed by atoms with E-state index in [0.29, 0.717) is 6.42 Å². The van der Waals surface area contributed by atoms with Crippen LogP contribution in [-0.2, 0) is 4.79 Å². The molecule has 0 heterocycles. The van der Waals surface area contributed by atoms with Gasteiger partial charge >= 0.3 is 0 Å². The number of carbonyl (C=O) groups is 1. The summed E-state index contributed by atoms with van der Waals surface area (Å²) in [6.07, 6.45) is 60.9. The fourth-order valence-corrected chi connectivity index (χ4v) is 6.91. The summed E-state index contributed by atoms with van der Waals surface area (Å²) in [4.78, 5) is 12.4. The number of amides is 1. The minimum Gasteiger partial charge on any atom is -0.394 e. The number of hydrogen-bond donors (Lipinski definition) is 3. The van der Waals surface area contributed by atoms with E-state index in [1.54, 1.807) is 6.08 Å². The van der Waals surface area contributed by atoms with Crippen molar-refractivity contribution in [2.24, 2.45) is 0 Å². The molecule has 4 nitrogen and oxygen atoms in total. The summed E-state index contributed by atoms with van der Waals surface area (Å²) in [6.45, 7) is 4.30. The van der Waals surface area contributed by atoms with Crippen molar-refractivity contribution in [2.75, 3.05) is 6.61 Å². The Morgan fingerprint density at radius 2 is 0.736 bits per heavy atom. The number of aliphatic hydroxyl groups is 2. The van der Waals surface area contributed by atoms with Crippen LogP contribution in [0.2, 0.25) is 0 Å². The highest BCUT2D eigenvalue weighted by Gasteiger charge is 2.17. The van der Waals surface area contributed by atoms with Gasteiger partial charge in [-0.25, -0.2) is 0 Å². The van der Waals surface area contributed by atoms with Gasteiger partial charge in [-0.15, -0.1) is 0 Å². The van der Waals surface area contributed by atoms with Crippen molar-refractivity contribution in [1.29, 1.82) is 0 Å². The van der Waals surface area contributed by atoms with Crippen LogP contribution in [-0.4, -0.2) is 34.9 Å². The van der Waals surface area contributed by atoms with Crippen LogP contribution in [0.25, 0.3) is 0 Å². The van der Waals surface area contributed by atoms with Crippen LogP contribution in [0.3, 0.4) is 0 Å². The largest absolute Gasteiger partial charge is 0.394 e. The maximum atomic E-state index is 12.4. The van der Waals surface area contributed by atoms with Gasteiger partial charge in [0.15, 0.2) is 0 Å². The highest BCUT2D eigenvalue weighted by Crippen LogP contribution is 2.14. The number of carbonyl (C=O) groups excluding carboxylic acids is 1. The van der Waals surface area contributed by atoms with E-state index in [2.05, 4.69) is 55.6 Å². The zero-order valence-electron chi connectivity index (χ0n) is 35.5.